The molecule has 0 aromatic carbocycles. The minimum atomic E-state index is 0.535. The Morgan fingerprint density at radius 2 is 1.14 bits per heavy atom. The SMILES string of the molecule is BrCC1CCCCCCC(OCC2CCCCCCCC2)C1. The smallest absolute Gasteiger partial charge is 0.0578 e. The maximum Gasteiger partial charge on any atom is 0.0578 e. The third kappa shape index (κ3) is 7.81. The molecule has 2 heteroatoms. The van der Waals surface area contributed by atoms with Crippen molar-refractivity contribution in [3.05, 3.63) is 0 Å². The molecule has 2 unspecified atom stereocenters. The Bertz CT molecular complexity index is 258. The lowest BCUT2D eigenvalue weighted by Gasteiger charge is -2.24. The summed E-state index contributed by atoms with van der Waals surface area (Å²) in [5.41, 5.74) is 0. The van der Waals surface area contributed by atoms with Crippen molar-refractivity contribution in [1.29, 1.82) is 0 Å². The molecule has 0 heterocycles. The van der Waals surface area contributed by atoms with Crippen LogP contribution in [0.15, 0.2) is 0 Å². The molecule has 0 radical (unpaired) electrons. The van der Waals surface area contributed by atoms with Gasteiger partial charge in [0.2, 0.25) is 0 Å². The number of alkyl halides is 1. The fourth-order valence-electron chi connectivity index (χ4n) is 4.21. The Morgan fingerprint density at radius 1 is 0.636 bits per heavy atom. The van der Waals surface area contributed by atoms with E-state index in [0.29, 0.717) is 6.10 Å². The van der Waals surface area contributed by atoms with Crippen LogP contribution in [-0.2, 0) is 4.74 Å². The van der Waals surface area contributed by atoms with Gasteiger partial charge >= 0.3 is 0 Å². The first kappa shape index (κ1) is 18.8. The molecule has 22 heavy (non-hydrogen) atoms. The molecular weight excluding hydrogens is 336 g/mol. The third-order valence-electron chi connectivity index (χ3n) is 5.75. The molecule has 0 saturated heterocycles. The molecule has 0 bridgehead atoms. The van der Waals surface area contributed by atoms with E-state index in [2.05, 4.69) is 15.9 Å². The third-order valence-corrected chi connectivity index (χ3v) is 6.66. The van der Waals surface area contributed by atoms with Crippen molar-refractivity contribution in [2.24, 2.45) is 11.8 Å². The lowest BCUT2D eigenvalue weighted by molar-refractivity contribution is 0.00682. The highest BCUT2D eigenvalue weighted by atomic mass is 79.9. The van der Waals surface area contributed by atoms with Crippen molar-refractivity contribution in [1.82, 2.24) is 0 Å². The topological polar surface area (TPSA) is 9.23 Å². The van der Waals surface area contributed by atoms with E-state index in [1.807, 2.05) is 0 Å². The average Bonchev–Trinajstić information content (AvgIpc) is 2.74. The molecule has 2 aliphatic carbocycles. The zero-order valence-electron chi connectivity index (χ0n) is 14.5. The summed E-state index contributed by atoms with van der Waals surface area (Å²) in [6, 6.07) is 0. The Labute approximate surface area is 147 Å². The maximum absolute atomic E-state index is 6.46. The standard InChI is InChI=1S/C20H37BrO/c21-16-19-13-9-5-6-10-14-20(15-19)22-17-18-11-7-3-1-2-4-8-12-18/h18-20H,1-17H2. The Kier molecular flexibility index (Phi) is 10.2. The molecule has 2 aliphatic rings. The van der Waals surface area contributed by atoms with Crippen LogP contribution in [-0.4, -0.2) is 18.0 Å². The van der Waals surface area contributed by atoms with Gasteiger partial charge in [-0.05, 0) is 43.9 Å². The van der Waals surface area contributed by atoms with Crippen LogP contribution in [0.5, 0.6) is 0 Å². The number of rotatable bonds is 4. The van der Waals surface area contributed by atoms with Crippen LogP contribution in [0.2, 0.25) is 0 Å². The Morgan fingerprint density at radius 3 is 1.73 bits per heavy atom. The fraction of sp³-hybridized carbons (Fsp3) is 1.00. The number of halogens is 1. The first-order chi connectivity index (χ1) is 10.9. The Balaban J connectivity index is 1.75. The lowest BCUT2D eigenvalue weighted by Crippen LogP contribution is -2.22. The number of ether oxygens (including phenoxy) is 1. The van der Waals surface area contributed by atoms with Crippen LogP contribution in [0.3, 0.4) is 0 Å². The summed E-state index contributed by atoms with van der Waals surface area (Å²) in [5, 5.41) is 1.16. The van der Waals surface area contributed by atoms with Gasteiger partial charge in [0.1, 0.15) is 0 Å². The van der Waals surface area contributed by atoms with Crippen molar-refractivity contribution >= 4 is 15.9 Å². The molecule has 2 saturated carbocycles. The number of hydrogen-bond acceptors (Lipinski definition) is 1. The minimum Gasteiger partial charge on any atom is -0.378 e. The zero-order chi connectivity index (χ0) is 15.5. The highest BCUT2D eigenvalue weighted by Gasteiger charge is 2.20. The van der Waals surface area contributed by atoms with Gasteiger partial charge < -0.3 is 4.74 Å². The van der Waals surface area contributed by atoms with E-state index in [-0.39, 0.29) is 0 Å². The maximum atomic E-state index is 6.46. The van der Waals surface area contributed by atoms with Gasteiger partial charge in [0.05, 0.1) is 6.10 Å². The van der Waals surface area contributed by atoms with Gasteiger partial charge in [-0.3, -0.25) is 0 Å². The molecule has 2 fully saturated rings. The van der Waals surface area contributed by atoms with Crippen LogP contribution < -0.4 is 0 Å². The van der Waals surface area contributed by atoms with Crippen LogP contribution in [0.25, 0.3) is 0 Å². The van der Waals surface area contributed by atoms with E-state index >= 15 is 0 Å². The van der Waals surface area contributed by atoms with E-state index in [1.54, 1.807) is 0 Å². The van der Waals surface area contributed by atoms with Gasteiger partial charge in [-0.2, -0.15) is 0 Å². The lowest BCUT2D eigenvalue weighted by atomic mass is 9.96. The molecule has 0 N–H and O–H groups in total. The molecule has 0 aliphatic heterocycles. The van der Waals surface area contributed by atoms with E-state index in [1.165, 1.54) is 96.3 Å². The second-order valence-electron chi connectivity index (χ2n) is 7.77. The highest BCUT2D eigenvalue weighted by molar-refractivity contribution is 9.09. The molecule has 2 rings (SSSR count). The average molecular weight is 373 g/mol. The van der Waals surface area contributed by atoms with Crippen molar-refractivity contribution in [3.63, 3.8) is 0 Å². The van der Waals surface area contributed by atoms with Gasteiger partial charge in [-0.1, -0.05) is 80.1 Å². The summed E-state index contributed by atoms with van der Waals surface area (Å²) in [6.07, 6.45) is 21.7. The molecule has 0 aromatic rings. The molecule has 1 nitrogen and oxygen atoms in total. The van der Waals surface area contributed by atoms with Crippen LogP contribution in [0, 0.1) is 11.8 Å². The van der Waals surface area contributed by atoms with Crippen molar-refractivity contribution < 1.29 is 4.74 Å². The first-order valence-electron chi connectivity index (χ1n) is 10.1. The summed E-state index contributed by atoms with van der Waals surface area (Å²) in [4.78, 5) is 0. The van der Waals surface area contributed by atoms with E-state index in [0.717, 1.165) is 23.8 Å². The van der Waals surface area contributed by atoms with Crippen molar-refractivity contribution in [2.75, 3.05) is 11.9 Å². The second kappa shape index (κ2) is 11.9. The van der Waals surface area contributed by atoms with Crippen LogP contribution >= 0.6 is 15.9 Å². The molecule has 0 amide bonds. The van der Waals surface area contributed by atoms with E-state index in [4.69, 9.17) is 4.74 Å². The minimum absolute atomic E-state index is 0.535. The Hall–Kier alpha value is 0.440. The highest BCUT2D eigenvalue weighted by Crippen LogP contribution is 2.27. The molecule has 0 spiro atoms. The predicted octanol–water partition coefficient (Wildman–Crippen LogP) is 6.88. The van der Waals surface area contributed by atoms with Crippen LogP contribution in [0.4, 0.5) is 0 Å². The largest absolute Gasteiger partial charge is 0.378 e. The first-order valence-corrected chi connectivity index (χ1v) is 11.2. The summed E-state index contributed by atoms with van der Waals surface area (Å²) in [6.45, 7) is 1.04. The van der Waals surface area contributed by atoms with Crippen LogP contribution in [0.1, 0.15) is 96.3 Å². The fourth-order valence-corrected chi connectivity index (χ4v) is 4.80. The summed E-state index contributed by atoms with van der Waals surface area (Å²) < 4.78 is 6.46. The van der Waals surface area contributed by atoms with Gasteiger partial charge in [0.25, 0.3) is 0 Å². The molecule has 130 valence electrons. The van der Waals surface area contributed by atoms with Crippen molar-refractivity contribution in [3.8, 4) is 0 Å². The van der Waals surface area contributed by atoms with Gasteiger partial charge in [-0.15, -0.1) is 0 Å². The molecular formula is C20H37BrO. The summed E-state index contributed by atoms with van der Waals surface area (Å²) >= 11 is 3.72. The summed E-state index contributed by atoms with van der Waals surface area (Å²) in [7, 11) is 0. The number of hydrogen-bond donors (Lipinski definition) is 0. The van der Waals surface area contributed by atoms with Crippen molar-refractivity contribution in [2.45, 2.75) is 102 Å². The second-order valence-corrected chi connectivity index (χ2v) is 8.42. The molecule has 0 aromatic heterocycles. The summed E-state index contributed by atoms with van der Waals surface area (Å²) in [5.74, 6) is 1.68. The quantitative estimate of drug-likeness (QED) is 0.488. The predicted molar refractivity (Wildman–Crippen MR) is 99.8 cm³/mol. The van der Waals surface area contributed by atoms with Gasteiger partial charge in [0, 0.05) is 11.9 Å². The van der Waals surface area contributed by atoms with E-state index < -0.39 is 0 Å². The van der Waals surface area contributed by atoms with E-state index in [9.17, 15) is 0 Å². The molecule has 2 atom stereocenters. The van der Waals surface area contributed by atoms with Gasteiger partial charge in [-0.25, -0.2) is 0 Å². The monoisotopic (exact) mass is 372 g/mol. The van der Waals surface area contributed by atoms with Gasteiger partial charge in [0.15, 0.2) is 0 Å². The normalized spacial score (nSPS) is 30.4. The zero-order valence-corrected chi connectivity index (χ0v) is 16.1.